The molecule has 4 atom stereocenters. The van der Waals surface area contributed by atoms with Gasteiger partial charge in [-0.15, -0.1) is 0 Å². The Morgan fingerprint density at radius 1 is 1.11 bits per heavy atom. The largest absolute Gasteiger partial charge is 0.468 e. The van der Waals surface area contributed by atoms with E-state index < -0.39 is 23.5 Å². The summed E-state index contributed by atoms with van der Waals surface area (Å²) in [5, 5.41) is 2.85. The summed E-state index contributed by atoms with van der Waals surface area (Å²) < 4.78 is 5.87. The molecule has 2 aliphatic carbocycles. The van der Waals surface area contributed by atoms with Crippen molar-refractivity contribution in [2.24, 2.45) is 11.8 Å². The van der Waals surface area contributed by atoms with E-state index in [1.54, 1.807) is 6.26 Å². The van der Waals surface area contributed by atoms with Crippen LogP contribution in [0.1, 0.15) is 42.8 Å². The van der Waals surface area contributed by atoms with Crippen LogP contribution in [0.4, 0.5) is 0 Å². The lowest BCUT2D eigenvalue weighted by Gasteiger charge is -2.41. The third-order valence-corrected chi connectivity index (χ3v) is 5.65. The van der Waals surface area contributed by atoms with E-state index in [9.17, 15) is 14.4 Å². The Bertz CT molecular complexity index is 969. The standard InChI is InChI=1S/C22H21NO4/c1-11-9-12(2)19(23-13(3)24)18-16(11)22-17(20(25)21(18)26)15(10-27-22)14-7-5-4-6-8-14/h4-11,16,18-19H,1-3H3,(H,23,24). The second-order valence-corrected chi connectivity index (χ2v) is 7.45. The Balaban J connectivity index is 1.88. The summed E-state index contributed by atoms with van der Waals surface area (Å²) in [6, 6.07) is 8.96. The highest BCUT2D eigenvalue weighted by atomic mass is 16.3. The van der Waals surface area contributed by atoms with Gasteiger partial charge in [0.2, 0.25) is 17.5 Å². The molecule has 1 N–H and O–H groups in total. The molecule has 0 spiro atoms. The number of carbonyl (C=O) groups excluding carboxylic acids is 3. The van der Waals surface area contributed by atoms with Crippen molar-refractivity contribution >= 4 is 17.5 Å². The molecule has 0 fully saturated rings. The fourth-order valence-corrected chi connectivity index (χ4v) is 4.54. The highest BCUT2D eigenvalue weighted by Gasteiger charge is 2.52. The molecule has 0 saturated heterocycles. The highest BCUT2D eigenvalue weighted by Crippen LogP contribution is 2.48. The first-order chi connectivity index (χ1) is 12.9. The predicted octanol–water partition coefficient (Wildman–Crippen LogP) is 3.51. The number of allylic oxidation sites excluding steroid dienone is 1. The molecule has 5 heteroatoms. The molecule has 0 bridgehead atoms. The SMILES string of the molecule is CC(=O)NC1C(C)=CC(C)C2c3occ(-c4ccccc4)c3C(=O)C(=O)C12. The molecule has 4 unspecified atom stereocenters. The zero-order valence-electron chi connectivity index (χ0n) is 15.5. The zero-order chi connectivity index (χ0) is 19.3. The van der Waals surface area contributed by atoms with Gasteiger partial charge in [0.1, 0.15) is 5.76 Å². The van der Waals surface area contributed by atoms with Gasteiger partial charge < -0.3 is 9.73 Å². The number of ketones is 2. The number of hydrogen-bond donors (Lipinski definition) is 1. The van der Waals surface area contributed by atoms with Crippen LogP contribution >= 0.6 is 0 Å². The Morgan fingerprint density at radius 3 is 2.48 bits per heavy atom. The molecule has 27 heavy (non-hydrogen) atoms. The van der Waals surface area contributed by atoms with Crippen molar-refractivity contribution in [3.05, 3.63) is 59.6 Å². The molecule has 1 aromatic carbocycles. The minimum absolute atomic E-state index is 0.0191. The molecule has 0 saturated carbocycles. The van der Waals surface area contributed by atoms with Gasteiger partial charge in [-0.3, -0.25) is 14.4 Å². The smallest absolute Gasteiger partial charge is 0.233 e. The van der Waals surface area contributed by atoms with Gasteiger partial charge in [-0.25, -0.2) is 0 Å². The van der Waals surface area contributed by atoms with Gasteiger partial charge in [-0.2, -0.15) is 0 Å². The monoisotopic (exact) mass is 363 g/mol. The molecule has 5 nitrogen and oxygen atoms in total. The van der Waals surface area contributed by atoms with Crippen LogP contribution in [0.15, 0.2) is 52.7 Å². The van der Waals surface area contributed by atoms with Crippen molar-refractivity contribution in [2.75, 3.05) is 0 Å². The van der Waals surface area contributed by atoms with Crippen molar-refractivity contribution in [3.8, 4) is 11.1 Å². The maximum absolute atomic E-state index is 13.1. The molecule has 0 aliphatic heterocycles. The maximum atomic E-state index is 13.1. The lowest BCUT2D eigenvalue weighted by atomic mass is 9.63. The van der Waals surface area contributed by atoms with Crippen molar-refractivity contribution in [3.63, 3.8) is 0 Å². The van der Waals surface area contributed by atoms with Gasteiger partial charge in [0.25, 0.3) is 0 Å². The van der Waals surface area contributed by atoms with Gasteiger partial charge in [0.15, 0.2) is 0 Å². The first-order valence-corrected chi connectivity index (χ1v) is 9.11. The van der Waals surface area contributed by atoms with E-state index >= 15 is 0 Å². The number of amides is 1. The summed E-state index contributed by atoms with van der Waals surface area (Å²) in [5.41, 5.74) is 2.76. The van der Waals surface area contributed by atoms with E-state index in [2.05, 4.69) is 11.4 Å². The van der Waals surface area contributed by atoms with E-state index in [1.807, 2.05) is 44.2 Å². The van der Waals surface area contributed by atoms with E-state index in [0.717, 1.165) is 11.1 Å². The average molecular weight is 363 g/mol. The summed E-state index contributed by atoms with van der Waals surface area (Å²) in [6.45, 7) is 5.32. The molecule has 2 aliphatic rings. The molecule has 138 valence electrons. The Hall–Kier alpha value is -2.95. The third-order valence-electron chi connectivity index (χ3n) is 5.65. The summed E-state index contributed by atoms with van der Waals surface area (Å²) in [4.78, 5) is 37.8. The van der Waals surface area contributed by atoms with Gasteiger partial charge in [0.05, 0.1) is 23.8 Å². The number of nitrogens with one attached hydrogen (secondary N) is 1. The Morgan fingerprint density at radius 2 is 1.81 bits per heavy atom. The quantitative estimate of drug-likeness (QED) is 0.654. The van der Waals surface area contributed by atoms with E-state index in [0.29, 0.717) is 16.9 Å². The summed E-state index contributed by atoms with van der Waals surface area (Å²) in [5.74, 6) is -1.55. The Labute approximate surface area is 157 Å². The summed E-state index contributed by atoms with van der Waals surface area (Å²) in [6.07, 6.45) is 3.62. The highest BCUT2D eigenvalue weighted by molar-refractivity contribution is 6.47. The number of hydrogen-bond acceptors (Lipinski definition) is 4. The first-order valence-electron chi connectivity index (χ1n) is 9.11. The van der Waals surface area contributed by atoms with Crippen LogP contribution in [0, 0.1) is 11.8 Å². The van der Waals surface area contributed by atoms with Gasteiger partial charge in [0, 0.05) is 18.4 Å². The molecule has 1 heterocycles. The van der Waals surface area contributed by atoms with Crippen LogP contribution in [-0.2, 0) is 9.59 Å². The number of furan rings is 1. The fraction of sp³-hybridized carbons (Fsp3) is 0.318. The maximum Gasteiger partial charge on any atom is 0.233 e. The van der Waals surface area contributed by atoms with Crippen LogP contribution in [0.25, 0.3) is 11.1 Å². The van der Waals surface area contributed by atoms with Crippen LogP contribution in [0.2, 0.25) is 0 Å². The van der Waals surface area contributed by atoms with Crippen LogP contribution < -0.4 is 5.32 Å². The zero-order valence-corrected chi connectivity index (χ0v) is 15.5. The van der Waals surface area contributed by atoms with Crippen LogP contribution in [-0.4, -0.2) is 23.5 Å². The van der Waals surface area contributed by atoms with Crippen LogP contribution in [0.5, 0.6) is 0 Å². The second-order valence-electron chi connectivity index (χ2n) is 7.45. The van der Waals surface area contributed by atoms with Crippen molar-refractivity contribution in [2.45, 2.75) is 32.7 Å². The molecule has 4 rings (SSSR count). The predicted molar refractivity (Wildman–Crippen MR) is 100 cm³/mol. The Kier molecular flexibility index (Phi) is 4.10. The number of Topliss-reactive ketones (excluding diaryl/α,β-unsaturated/α-hetero) is 2. The minimum Gasteiger partial charge on any atom is -0.468 e. The van der Waals surface area contributed by atoms with E-state index in [4.69, 9.17) is 4.42 Å². The van der Waals surface area contributed by atoms with Crippen molar-refractivity contribution in [1.29, 1.82) is 0 Å². The molecule has 1 amide bonds. The number of carbonyl (C=O) groups is 3. The van der Waals surface area contributed by atoms with Crippen molar-refractivity contribution in [1.82, 2.24) is 5.32 Å². The summed E-state index contributed by atoms with van der Waals surface area (Å²) >= 11 is 0. The van der Waals surface area contributed by atoms with E-state index in [-0.39, 0.29) is 17.7 Å². The molecular weight excluding hydrogens is 342 g/mol. The second kappa shape index (κ2) is 6.34. The fourth-order valence-electron chi connectivity index (χ4n) is 4.54. The van der Waals surface area contributed by atoms with Gasteiger partial charge in [-0.05, 0) is 18.4 Å². The topological polar surface area (TPSA) is 76.4 Å². The minimum atomic E-state index is -0.635. The number of fused-ring (bicyclic) bond motifs is 3. The number of benzene rings is 1. The lowest BCUT2D eigenvalue weighted by molar-refractivity contribution is -0.123. The third kappa shape index (κ3) is 2.65. The molecular formula is C22H21NO4. The van der Waals surface area contributed by atoms with Gasteiger partial charge >= 0.3 is 0 Å². The first kappa shape index (κ1) is 17.5. The normalized spacial score (nSPS) is 26.9. The van der Waals surface area contributed by atoms with Crippen molar-refractivity contribution < 1.29 is 18.8 Å². The summed E-state index contributed by atoms with van der Waals surface area (Å²) in [7, 11) is 0. The van der Waals surface area contributed by atoms with E-state index in [1.165, 1.54) is 6.92 Å². The lowest BCUT2D eigenvalue weighted by Crippen LogP contribution is -2.52. The number of rotatable bonds is 2. The average Bonchev–Trinajstić information content (AvgIpc) is 3.07. The van der Waals surface area contributed by atoms with Crippen LogP contribution in [0.3, 0.4) is 0 Å². The molecule has 1 aromatic heterocycles. The molecule has 0 radical (unpaired) electrons. The van der Waals surface area contributed by atoms with Gasteiger partial charge in [-0.1, -0.05) is 48.9 Å². The molecule has 2 aromatic rings.